The molecule has 5 amide bonds. The Bertz CT molecular complexity index is 1010. The van der Waals surface area contributed by atoms with E-state index in [0.29, 0.717) is 0 Å². The standard InChI is InChI=1S/C20H31N7O5/c1-18(2,3)27-17(32)24(22-23-27)11-20(6,7)25-13(28)8-12(15(25)30)9-19(4,5)26-14(29)10-21-16(26)31/h12H,8-11H2,1-7H3,(H,21,31). The fourth-order valence-corrected chi connectivity index (χ4v) is 4.45. The summed E-state index contributed by atoms with van der Waals surface area (Å²) in [7, 11) is 0. The molecule has 12 nitrogen and oxygen atoms in total. The van der Waals surface area contributed by atoms with Crippen LogP contribution in [0.2, 0.25) is 0 Å². The van der Waals surface area contributed by atoms with E-state index in [1.807, 2.05) is 20.8 Å². The number of carbonyl (C=O) groups excluding carboxylic acids is 4. The van der Waals surface area contributed by atoms with Crippen LogP contribution in [-0.4, -0.2) is 71.0 Å². The van der Waals surface area contributed by atoms with Crippen LogP contribution >= 0.6 is 0 Å². The molecule has 176 valence electrons. The maximum atomic E-state index is 13.2. The van der Waals surface area contributed by atoms with Gasteiger partial charge in [-0.15, -0.1) is 0 Å². The second kappa shape index (κ2) is 7.52. The molecule has 1 unspecified atom stereocenters. The van der Waals surface area contributed by atoms with Crippen molar-refractivity contribution in [2.24, 2.45) is 5.92 Å². The summed E-state index contributed by atoms with van der Waals surface area (Å²) >= 11 is 0. The molecule has 3 heterocycles. The van der Waals surface area contributed by atoms with E-state index in [4.69, 9.17) is 0 Å². The van der Waals surface area contributed by atoms with E-state index in [-0.39, 0.29) is 37.7 Å². The van der Waals surface area contributed by atoms with Gasteiger partial charge in [0.25, 0.3) is 5.91 Å². The highest BCUT2D eigenvalue weighted by atomic mass is 16.2. The van der Waals surface area contributed by atoms with Gasteiger partial charge >= 0.3 is 11.7 Å². The van der Waals surface area contributed by atoms with E-state index in [1.165, 1.54) is 9.58 Å². The number of rotatable bonds is 6. The van der Waals surface area contributed by atoms with Crippen LogP contribution in [0.4, 0.5) is 4.79 Å². The lowest BCUT2D eigenvalue weighted by Gasteiger charge is -2.36. The van der Waals surface area contributed by atoms with Gasteiger partial charge in [-0.25, -0.2) is 9.59 Å². The summed E-state index contributed by atoms with van der Waals surface area (Å²) in [6.45, 7) is 12.2. The van der Waals surface area contributed by atoms with Gasteiger partial charge in [-0.1, -0.05) is 0 Å². The van der Waals surface area contributed by atoms with Crippen molar-refractivity contribution in [1.82, 2.24) is 34.9 Å². The summed E-state index contributed by atoms with van der Waals surface area (Å²) in [6, 6.07) is -0.504. The first-order valence-electron chi connectivity index (χ1n) is 10.6. The topological polar surface area (TPSA) is 140 Å². The summed E-state index contributed by atoms with van der Waals surface area (Å²) in [4.78, 5) is 65.2. The quantitative estimate of drug-likeness (QED) is 0.479. The second-order valence-electron chi connectivity index (χ2n) is 10.7. The molecule has 0 saturated carbocycles. The molecule has 2 aliphatic rings. The molecule has 12 heteroatoms. The highest BCUT2D eigenvalue weighted by Crippen LogP contribution is 2.35. The minimum Gasteiger partial charge on any atom is -0.329 e. The zero-order valence-electron chi connectivity index (χ0n) is 19.6. The third kappa shape index (κ3) is 4.05. The lowest BCUT2D eigenvalue weighted by molar-refractivity contribution is -0.146. The van der Waals surface area contributed by atoms with Crippen LogP contribution in [0.1, 0.15) is 61.3 Å². The predicted molar refractivity (Wildman–Crippen MR) is 112 cm³/mol. The molecule has 1 aromatic heterocycles. The number of aromatic nitrogens is 4. The Morgan fingerprint density at radius 3 is 2.00 bits per heavy atom. The molecule has 2 saturated heterocycles. The molecular formula is C20H31N7O5. The number of hydrogen-bond acceptors (Lipinski definition) is 7. The molecule has 0 radical (unpaired) electrons. The first-order valence-corrected chi connectivity index (χ1v) is 10.6. The van der Waals surface area contributed by atoms with Crippen LogP contribution in [0.3, 0.4) is 0 Å². The smallest absolute Gasteiger partial charge is 0.329 e. The minimum absolute atomic E-state index is 0.0114. The molecule has 0 spiro atoms. The number of nitrogens with zero attached hydrogens (tertiary/aromatic N) is 6. The van der Waals surface area contributed by atoms with Gasteiger partial charge in [0.05, 0.1) is 24.2 Å². The first-order chi connectivity index (χ1) is 14.6. The minimum atomic E-state index is -1.03. The number of hydrogen-bond donors (Lipinski definition) is 1. The number of urea groups is 1. The molecule has 2 aliphatic heterocycles. The number of likely N-dealkylation sites (tertiary alicyclic amines) is 1. The van der Waals surface area contributed by atoms with Gasteiger partial charge in [0.1, 0.15) is 0 Å². The number of imide groups is 2. The van der Waals surface area contributed by atoms with Crippen molar-refractivity contribution in [3.05, 3.63) is 10.5 Å². The van der Waals surface area contributed by atoms with Crippen molar-refractivity contribution in [3.63, 3.8) is 0 Å². The molecule has 2 fully saturated rings. The van der Waals surface area contributed by atoms with Crippen LogP contribution in [-0.2, 0) is 26.5 Å². The zero-order valence-corrected chi connectivity index (χ0v) is 19.6. The molecule has 0 aliphatic carbocycles. The summed E-state index contributed by atoms with van der Waals surface area (Å²) < 4.78 is 2.40. The van der Waals surface area contributed by atoms with E-state index < -0.39 is 40.2 Å². The van der Waals surface area contributed by atoms with Crippen molar-refractivity contribution in [2.45, 2.75) is 84.5 Å². The molecule has 1 N–H and O–H groups in total. The summed E-state index contributed by atoms with van der Waals surface area (Å²) in [5.41, 5.74) is -2.96. The number of nitrogens with one attached hydrogen (secondary N) is 1. The lowest BCUT2D eigenvalue weighted by Crippen LogP contribution is -2.53. The fraction of sp³-hybridized carbons (Fsp3) is 0.750. The Morgan fingerprint density at radius 2 is 1.50 bits per heavy atom. The molecule has 3 rings (SSSR count). The third-order valence-electron chi connectivity index (χ3n) is 5.85. The van der Waals surface area contributed by atoms with E-state index in [9.17, 15) is 24.0 Å². The number of carbonyl (C=O) groups is 4. The van der Waals surface area contributed by atoms with E-state index >= 15 is 0 Å². The molecular weight excluding hydrogens is 418 g/mol. The van der Waals surface area contributed by atoms with E-state index in [1.54, 1.807) is 27.7 Å². The molecule has 1 atom stereocenters. The molecule has 0 bridgehead atoms. The van der Waals surface area contributed by atoms with Crippen LogP contribution in [0.15, 0.2) is 4.79 Å². The number of amides is 5. The lowest BCUT2D eigenvalue weighted by atomic mass is 9.88. The van der Waals surface area contributed by atoms with Crippen LogP contribution in [0, 0.1) is 5.92 Å². The Morgan fingerprint density at radius 1 is 0.875 bits per heavy atom. The highest BCUT2D eigenvalue weighted by Gasteiger charge is 2.50. The van der Waals surface area contributed by atoms with Gasteiger partial charge in [-0.05, 0) is 65.3 Å². The van der Waals surface area contributed by atoms with Gasteiger partial charge in [0.2, 0.25) is 11.8 Å². The zero-order chi connectivity index (χ0) is 24.2. The SMILES string of the molecule is CC(C)(CC1CC(=O)N(C(C)(C)Cn2nnn(C(C)(C)C)c2=O)C1=O)N1C(=O)CNC1=O. The van der Waals surface area contributed by atoms with Crippen molar-refractivity contribution >= 4 is 23.8 Å². The van der Waals surface area contributed by atoms with Crippen molar-refractivity contribution in [1.29, 1.82) is 0 Å². The van der Waals surface area contributed by atoms with Crippen molar-refractivity contribution < 1.29 is 19.2 Å². The van der Waals surface area contributed by atoms with Crippen LogP contribution in [0.5, 0.6) is 0 Å². The second-order valence-corrected chi connectivity index (χ2v) is 10.7. The summed E-state index contributed by atoms with van der Waals surface area (Å²) in [5, 5.41) is 10.3. The van der Waals surface area contributed by atoms with Crippen LogP contribution < -0.4 is 11.0 Å². The first kappa shape index (κ1) is 23.6. The maximum absolute atomic E-state index is 13.2. The Hall–Kier alpha value is -3.05. The van der Waals surface area contributed by atoms with Gasteiger partial charge in [0.15, 0.2) is 0 Å². The van der Waals surface area contributed by atoms with E-state index in [2.05, 4.69) is 15.7 Å². The van der Waals surface area contributed by atoms with Crippen molar-refractivity contribution in [3.8, 4) is 0 Å². The molecule has 32 heavy (non-hydrogen) atoms. The Labute approximate surface area is 185 Å². The van der Waals surface area contributed by atoms with Gasteiger partial charge < -0.3 is 5.32 Å². The van der Waals surface area contributed by atoms with Gasteiger partial charge in [-0.3, -0.25) is 24.2 Å². The Kier molecular flexibility index (Phi) is 5.55. The largest absolute Gasteiger partial charge is 0.364 e. The average Bonchev–Trinajstić information content (AvgIpc) is 3.24. The maximum Gasteiger partial charge on any atom is 0.364 e. The number of tetrazole rings is 1. The average molecular weight is 450 g/mol. The van der Waals surface area contributed by atoms with Crippen molar-refractivity contribution in [2.75, 3.05) is 6.54 Å². The van der Waals surface area contributed by atoms with Gasteiger partial charge in [0, 0.05) is 17.9 Å². The molecule has 0 aromatic carbocycles. The van der Waals surface area contributed by atoms with E-state index in [0.717, 1.165) is 9.58 Å². The fourth-order valence-electron chi connectivity index (χ4n) is 4.45. The van der Waals surface area contributed by atoms with Gasteiger partial charge in [-0.2, -0.15) is 9.36 Å². The third-order valence-corrected chi connectivity index (χ3v) is 5.85. The molecule has 1 aromatic rings. The summed E-state index contributed by atoms with van der Waals surface area (Å²) in [6.07, 6.45) is 0.127. The predicted octanol–water partition coefficient (Wildman–Crippen LogP) is 0.0690. The Balaban J connectivity index is 1.79. The summed E-state index contributed by atoms with van der Waals surface area (Å²) in [5.74, 6) is -1.80. The monoisotopic (exact) mass is 449 g/mol. The normalized spacial score (nSPS) is 20.5. The van der Waals surface area contributed by atoms with Crippen LogP contribution in [0.25, 0.3) is 0 Å². The highest BCUT2D eigenvalue weighted by molar-refractivity contribution is 6.05.